The lowest BCUT2D eigenvalue weighted by atomic mass is 9.90. The number of hydrogen-bond donors (Lipinski definition) is 1. The van der Waals surface area contributed by atoms with Gasteiger partial charge in [-0.25, -0.2) is 4.98 Å². The molecule has 0 unspecified atom stereocenters. The molecule has 0 atom stereocenters. The van der Waals surface area contributed by atoms with Gasteiger partial charge in [0.1, 0.15) is 5.75 Å². The highest BCUT2D eigenvalue weighted by molar-refractivity contribution is 8.93. The van der Waals surface area contributed by atoms with Crippen molar-refractivity contribution in [3.8, 4) is 5.75 Å². The number of halogens is 2. The first-order chi connectivity index (χ1) is 13.3. The van der Waals surface area contributed by atoms with E-state index in [0.717, 1.165) is 22.6 Å². The highest BCUT2D eigenvalue weighted by Crippen LogP contribution is 2.34. The molecule has 3 rings (SSSR count). The number of nitrogens with one attached hydrogen (secondary N) is 1. The quantitative estimate of drug-likeness (QED) is 0.438. The molecule has 3 aromatic rings. The highest BCUT2D eigenvalue weighted by atomic mass is 79.9. The van der Waals surface area contributed by atoms with Crippen molar-refractivity contribution >= 4 is 51.0 Å². The van der Waals surface area contributed by atoms with Gasteiger partial charge in [-0.2, -0.15) is 0 Å². The van der Waals surface area contributed by atoms with Crippen LogP contribution in [0.4, 0.5) is 5.13 Å². The number of para-hydroxylation sites is 1. The smallest absolute Gasteiger partial charge is 0.261 e. The molecule has 1 amide bonds. The van der Waals surface area contributed by atoms with Crippen LogP contribution in [-0.4, -0.2) is 18.0 Å². The molecule has 0 bridgehead atoms. The molecule has 0 radical (unpaired) electrons. The Balaban J connectivity index is 0.00000300. The number of carbonyl (C=O) groups is 1. The summed E-state index contributed by atoms with van der Waals surface area (Å²) in [6.45, 7) is 6.37. The van der Waals surface area contributed by atoms with Crippen molar-refractivity contribution in [2.75, 3.05) is 12.4 Å². The second-order valence-electron chi connectivity index (χ2n) is 7.50. The second-order valence-corrected chi connectivity index (χ2v) is 9.02. The molecule has 0 aliphatic carbocycles. The van der Waals surface area contributed by atoms with Crippen LogP contribution < -0.4 is 10.1 Å². The van der Waals surface area contributed by atoms with Crippen LogP contribution in [0.15, 0.2) is 48.5 Å². The zero-order valence-corrected chi connectivity index (χ0v) is 20.1. The van der Waals surface area contributed by atoms with Gasteiger partial charge < -0.3 is 4.74 Å². The number of amides is 1. The number of thiazole rings is 1. The SMILES string of the molecule is Br.COc1ccccc1C(=O)Nc1nc(C(C)(C)C)c(Cc2ccc(Cl)cc2)s1. The Hall–Kier alpha value is -1.89. The molecule has 0 aliphatic heterocycles. The third-order valence-corrected chi connectivity index (χ3v) is 5.48. The molecule has 1 N–H and O–H groups in total. The number of hydrogen-bond acceptors (Lipinski definition) is 4. The zero-order valence-electron chi connectivity index (χ0n) is 16.8. The number of benzene rings is 2. The van der Waals surface area contributed by atoms with Crippen LogP contribution in [0.25, 0.3) is 0 Å². The number of anilines is 1. The van der Waals surface area contributed by atoms with Crippen molar-refractivity contribution in [1.82, 2.24) is 4.98 Å². The van der Waals surface area contributed by atoms with Gasteiger partial charge in [-0.1, -0.05) is 56.6 Å². The summed E-state index contributed by atoms with van der Waals surface area (Å²) in [6.07, 6.45) is 0.742. The Morgan fingerprint density at radius 2 is 1.79 bits per heavy atom. The fourth-order valence-electron chi connectivity index (χ4n) is 2.90. The summed E-state index contributed by atoms with van der Waals surface area (Å²) in [6, 6.07) is 15.0. The molecular formula is C22H24BrClN2O2S. The molecule has 0 fully saturated rings. The Morgan fingerprint density at radius 3 is 2.41 bits per heavy atom. The number of aromatic nitrogens is 1. The summed E-state index contributed by atoms with van der Waals surface area (Å²) in [5.74, 6) is 0.304. The van der Waals surface area contributed by atoms with E-state index in [2.05, 4.69) is 26.1 Å². The first-order valence-electron chi connectivity index (χ1n) is 8.97. The average Bonchev–Trinajstić information content (AvgIpc) is 3.06. The van der Waals surface area contributed by atoms with E-state index in [1.807, 2.05) is 36.4 Å². The Bertz CT molecular complexity index is 981. The van der Waals surface area contributed by atoms with E-state index in [9.17, 15) is 4.79 Å². The molecule has 29 heavy (non-hydrogen) atoms. The van der Waals surface area contributed by atoms with E-state index in [1.54, 1.807) is 19.2 Å². The third kappa shape index (κ3) is 5.81. The predicted octanol–water partition coefficient (Wildman–Crippen LogP) is 6.52. The minimum atomic E-state index is -0.232. The molecular weight excluding hydrogens is 472 g/mol. The van der Waals surface area contributed by atoms with Gasteiger partial charge in [0, 0.05) is 21.7 Å². The minimum Gasteiger partial charge on any atom is -0.496 e. The zero-order chi connectivity index (χ0) is 20.3. The van der Waals surface area contributed by atoms with Gasteiger partial charge in [0.05, 0.1) is 18.4 Å². The van der Waals surface area contributed by atoms with Crippen LogP contribution in [0, 0.1) is 0 Å². The van der Waals surface area contributed by atoms with Crippen LogP contribution >= 0.6 is 39.9 Å². The molecule has 0 saturated heterocycles. The second kappa shape index (κ2) is 9.74. The number of rotatable bonds is 5. The summed E-state index contributed by atoms with van der Waals surface area (Å²) >= 11 is 7.50. The summed E-state index contributed by atoms with van der Waals surface area (Å²) in [5, 5.41) is 4.23. The van der Waals surface area contributed by atoms with Crippen molar-refractivity contribution < 1.29 is 9.53 Å². The largest absolute Gasteiger partial charge is 0.496 e. The van der Waals surface area contributed by atoms with Crippen LogP contribution in [0.1, 0.15) is 47.3 Å². The van der Waals surface area contributed by atoms with Crippen LogP contribution in [0.2, 0.25) is 5.02 Å². The van der Waals surface area contributed by atoms with Crippen molar-refractivity contribution in [2.24, 2.45) is 0 Å². The van der Waals surface area contributed by atoms with Gasteiger partial charge in [0.15, 0.2) is 5.13 Å². The maximum atomic E-state index is 12.7. The van der Waals surface area contributed by atoms with E-state index in [-0.39, 0.29) is 28.3 Å². The molecule has 4 nitrogen and oxygen atoms in total. The molecule has 0 aliphatic rings. The van der Waals surface area contributed by atoms with Gasteiger partial charge in [-0.05, 0) is 29.8 Å². The monoisotopic (exact) mass is 494 g/mol. The summed E-state index contributed by atoms with van der Waals surface area (Å²) in [4.78, 5) is 18.6. The van der Waals surface area contributed by atoms with Crippen LogP contribution in [0.5, 0.6) is 5.75 Å². The van der Waals surface area contributed by atoms with Crippen molar-refractivity contribution in [1.29, 1.82) is 0 Å². The van der Waals surface area contributed by atoms with E-state index >= 15 is 0 Å². The minimum absolute atomic E-state index is 0. The lowest BCUT2D eigenvalue weighted by Gasteiger charge is -2.17. The molecule has 0 saturated carbocycles. The molecule has 2 aromatic carbocycles. The van der Waals surface area contributed by atoms with Crippen molar-refractivity contribution in [3.63, 3.8) is 0 Å². The van der Waals surface area contributed by atoms with E-state index in [1.165, 1.54) is 11.3 Å². The Morgan fingerprint density at radius 1 is 1.14 bits per heavy atom. The first-order valence-corrected chi connectivity index (χ1v) is 10.2. The fraction of sp³-hybridized carbons (Fsp3) is 0.273. The van der Waals surface area contributed by atoms with E-state index in [0.29, 0.717) is 21.5 Å². The molecule has 0 spiro atoms. The lowest BCUT2D eigenvalue weighted by Crippen LogP contribution is -2.16. The molecule has 1 aromatic heterocycles. The average molecular weight is 496 g/mol. The maximum Gasteiger partial charge on any atom is 0.261 e. The number of ether oxygens (including phenoxy) is 1. The van der Waals surface area contributed by atoms with Gasteiger partial charge in [0.25, 0.3) is 5.91 Å². The molecule has 154 valence electrons. The fourth-order valence-corrected chi connectivity index (χ4v) is 4.22. The number of methoxy groups -OCH3 is 1. The van der Waals surface area contributed by atoms with Gasteiger partial charge in [-0.15, -0.1) is 28.3 Å². The molecule has 1 heterocycles. The summed E-state index contributed by atoms with van der Waals surface area (Å²) < 4.78 is 5.29. The van der Waals surface area contributed by atoms with E-state index < -0.39 is 0 Å². The number of nitrogens with zero attached hydrogens (tertiary/aromatic N) is 1. The molecule has 7 heteroatoms. The predicted molar refractivity (Wildman–Crippen MR) is 126 cm³/mol. The topological polar surface area (TPSA) is 51.2 Å². The van der Waals surface area contributed by atoms with Gasteiger partial charge in [0.2, 0.25) is 0 Å². The highest BCUT2D eigenvalue weighted by Gasteiger charge is 2.24. The standard InChI is InChI=1S/C22H23ClN2O2S.BrH/c1-22(2,3)19-18(13-14-9-11-15(23)12-10-14)28-21(24-19)25-20(26)16-7-5-6-8-17(16)27-4;/h5-12H,13H2,1-4H3,(H,24,25,26);1H. The van der Waals surface area contributed by atoms with Crippen molar-refractivity contribution in [2.45, 2.75) is 32.6 Å². The lowest BCUT2D eigenvalue weighted by molar-refractivity contribution is 0.102. The Kier molecular flexibility index (Phi) is 7.86. The number of carbonyl (C=O) groups excluding carboxylic acids is 1. The first kappa shape index (κ1) is 23.4. The summed E-state index contributed by atoms with van der Waals surface area (Å²) in [5.41, 5.74) is 2.49. The van der Waals surface area contributed by atoms with Crippen molar-refractivity contribution in [3.05, 3.63) is 75.3 Å². The third-order valence-electron chi connectivity index (χ3n) is 4.26. The van der Waals surface area contributed by atoms with Gasteiger partial charge >= 0.3 is 0 Å². The maximum absolute atomic E-state index is 12.7. The Labute approximate surface area is 191 Å². The summed E-state index contributed by atoms with van der Waals surface area (Å²) in [7, 11) is 1.55. The van der Waals surface area contributed by atoms with Crippen LogP contribution in [-0.2, 0) is 11.8 Å². The van der Waals surface area contributed by atoms with Gasteiger partial charge in [-0.3, -0.25) is 10.1 Å². The normalized spacial score (nSPS) is 10.9. The van der Waals surface area contributed by atoms with Crippen LogP contribution in [0.3, 0.4) is 0 Å². The van der Waals surface area contributed by atoms with E-state index in [4.69, 9.17) is 21.3 Å².